The van der Waals surface area contributed by atoms with E-state index in [0.717, 1.165) is 30.3 Å². The van der Waals surface area contributed by atoms with E-state index in [1.807, 2.05) is 5.38 Å². The maximum atomic E-state index is 11.1. The van der Waals surface area contributed by atoms with Crippen molar-refractivity contribution < 1.29 is 9.53 Å². The van der Waals surface area contributed by atoms with Crippen LogP contribution in [0.15, 0.2) is 5.38 Å². The number of nitrogens with zero attached hydrogens (tertiary/aromatic N) is 2. The molecule has 5 heteroatoms. The summed E-state index contributed by atoms with van der Waals surface area (Å²) in [5, 5.41) is 2.91. The van der Waals surface area contributed by atoms with Gasteiger partial charge >= 0.3 is 5.97 Å². The van der Waals surface area contributed by atoms with Crippen LogP contribution in [-0.4, -0.2) is 31.2 Å². The molecule has 0 spiro atoms. The van der Waals surface area contributed by atoms with E-state index in [-0.39, 0.29) is 12.4 Å². The zero-order valence-corrected chi connectivity index (χ0v) is 10.8. The minimum atomic E-state index is -0.240. The number of aromatic nitrogens is 1. The van der Waals surface area contributed by atoms with Crippen molar-refractivity contribution in [1.82, 2.24) is 4.98 Å². The highest BCUT2D eigenvalue weighted by molar-refractivity contribution is 7.13. The average Bonchev–Trinajstić information content (AvgIpc) is 2.74. The van der Waals surface area contributed by atoms with E-state index in [4.69, 9.17) is 0 Å². The zero-order valence-electron chi connectivity index (χ0n) is 10.0. The van der Waals surface area contributed by atoms with E-state index in [1.54, 1.807) is 11.3 Å². The van der Waals surface area contributed by atoms with Gasteiger partial charge in [-0.25, -0.2) is 4.98 Å². The number of esters is 1. The van der Waals surface area contributed by atoms with Crippen LogP contribution < -0.4 is 4.90 Å². The van der Waals surface area contributed by atoms with Crippen molar-refractivity contribution in [3.05, 3.63) is 11.1 Å². The van der Waals surface area contributed by atoms with Gasteiger partial charge in [0.2, 0.25) is 0 Å². The summed E-state index contributed by atoms with van der Waals surface area (Å²) in [5.41, 5.74) is 0.793. The molecule has 1 aromatic rings. The largest absolute Gasteiger partial charge is 0.469 e. The lowest BCUT2D eigenvalue weighted by atomic mass is 10.3. The van der Waals surface area contributed by atoms with Gasteiger partial charge in [0.15, 0.2) is 5.13 Å². The van der Waals surface area contributed by atoms with E-state index in [0.29, 0.717) is 0 Å². The Bertz CT molecular complexity index is 338. The van der Waals surface area contributed by atoms with E-state index in [2.05, 4.69) is 28.5 Å². The van der Waals surface area contributed by atoms with Crippen LogP contribution in [0, 0.1) is 0 Å². The summed E-state index contributed by atoms with van der Waals surface area (Å²) < 4.78 is 4.61. The molecule has 0 amide bonds. The highest BCUT2D eigenvalue weighted by Gasteiger charge is 2.11. The second-order valence-electron chi connectivity index (χ2n) is 3.45. The lowest BCUT2D eigenvalue weighted by molar-refractivity contribution is -0.139. The fraction of sp³-hybridized carbons (Fsp3) is 0.636. The molecule has 0 bridgehead atoms. The number of rotatable bonds is 6. The monoisotopic (exact) mass is 242 g/mol. The Morgan fingerprint density at radius 3 is 2.88 bits per heavy atom. The van der Waals surface area contributed by atoms with Crippen LogP contribution in [0.2, 0.25) is 0 Å². The van der Waals surface area contributed by atoms with Gasteiger partial charge in [0, 0.05) is 18.5 Å². The molecule has 90 valence electrons. The molecule has 4 nitrogen and oxygen atoms in total. The molecule has 0 aliphatic carbocycles. The zero-order chi connectivity index (χ0) is 12.0. The smallest absolute Gasteiger partial charge is 0.311 e. The van der Waals surface area contributed by atoms with Gasteiger partial charge in [-0.15, -0.1) is 11.3 Å². The first-order chi connectivity index (χ1) is 7.71. The summed E-state index contributed by atoms with van der Waals surface area (Å²) >= 11 is 1.58. The Hall–Kier alpha value is -1.10. The highest BCUT2D eigenvalue weighted by Crippen LogP contribution is 2.20. The number of carbonyl (C=O) groups is 1. The molecule has 0 aliphatic rings. The van der Waals surface area contributed by atoms with Crippen molar-refractivity contribution in [2.75, 3.05) is 25.1 Å². The maximum Gasteiger partial charge on any atom is 0.311 e. The minimum Gasteiger partial charge on any atom is -0.469 e. The van der Waals surface area contributed by atoms with Crippen molar-refractivity contribution in [2.45, 2.75) is 26.7 Å². The molecule has 0 saturated carbocycles. The predicted molar refractivity (Wildman–Crippen MR) is 66.0 cm³/mol. The van der Waals surface area contributed by atoms with Gasteiger partial charge in [-0.05, 0) is 13.3 Å². The Morgan fingerprint density at radius 2 is 2.31 bits per heavy atom. The fourth-order valence-electron chi connectivity index (χ4n) is 1.40. The standard InChI is InChI=1S/C11H18N2O2S/c1-4-6-13(5-2)11-12-9(8-16-11)7-10(14)15-3/h8H,4-7H2,1-3H3. The molecule has 1 rings (SSSR count). The van der Waals surface area contributed by atoms with Crippen LogP contribution in [-0.2, 0) is 16.0 Å². The van der Waals surface area contributed by atoms with Crippen LogP contribution in [0.1, 0.15) is 26.0 Å². The molecule has 16 heavy (non-hydrogen) atoms. The van der Waals surface area contributed by atoms with Crippen LogP contribution in [0.5, 0.6) is 0 Å². The fourth-order valence-corrected chi connectivity index (χ4v) is 2.32. The van der Waals surface area contributed by atoms with Gasteiger partial charge in [0.05, 0.1) is 19.2 Å². The lowest BCUT2D eigenvalue weighted by Gasteiger charge is -2.18. The molecule has 0 radical (unpaired) electrons. The Morgan fingerprint density at radius 1 is 1.56 bits per heavy atom. The first-order valence-electron chi connectivity index (χ1n) is 5.47. The quantitative estimate of drug-likeness (QED) is 0.716. The van der Waals surface area contributed by atoms with Gasteiger partial charge < -0.3 is 9.64 Å². The first-order valence-corrected chi connectivity index (χ1v) is 6.35. The van der Waals surface area contributed by atoms with Gasteiger partial charge in [-0.2, -0.15) is 0 Å². The normalized spacial score (nSPS) is 10.2. The van der Waals surface area contributed by atoms with Crippen molar-refractivity contribution in [3.8, 4) is 0 Å². The van der Waals surface area contributed by atoms with E-state index >= 15 is 0 Å². The summed E-state index contributed by atoms with van der Waals surface area (Å²) in [6, 6.07) is 0. The van der Waals surface area contributed by atoms with E-state index in [9.17, 15) is 4.79 Å². The molecule has 0 atom stereocenters. The number of carbonyl (C=O) groups excluding carboxylic acids is 1. The number of hydrogen-bond acceptors (Lipinski definition) is 5. The van der Waals surface area contributed by atoms with E-state index in [1.165, 1.54) is 7.11 Å². The van der Waals surface area contributed by atoms with Crippen LogP contribution in [0.25, 0.3) is 0 Å². The minimum absolute atomic E-state index is 0.240. The van der Waals surface area contributed by atoms with Gasteiger partial charge in [0.1, 0.15) is 0 Å². The van der Waals surface area contributed by atoms with Crippen molar-refractivity contribution in [2.24, 2.45) is 0 Å². The maximum absolute atomic E-state index is 11.1. The lowest BCUT2D eigenvalue weighted by Crippen LogP contribution is -2.23. The Balaban J connectivity index is 2.65. The first kappa shape index (κ1) is 13.0. The number of thiazole rings is 1. The number of methoxy groups -OCH3 is 1. The predicted octanol–water partition coefficient (Wildman–Crippen LogP) is 2.09. The molecular formula is C11H18N2O2S. The van der Waals surface area contributed by atoms with Crippen LogP contribution >= 0.6 is 11.3 Å². The molecule has 0 fully saturated rings. The average molecular weight is 242 g/mol. The second kappa shape index (κ2) is 6.48. The van der Waals surface area contributed by atoms with Crippen molar-refractivity contribution >= 4 is 22.4 Å². The number of hydrogen-bond donors (Lipinski definition) is 0. The third-order valence-electron chi connectivity index (χ3n) is 2.24. The van der Waals surface area contributed by atoms with Crippen LogP contribution in [0.4, 0.5) is 5.13 Å². The summed E-state index contributed by atoms with van der Waals surface area (Å²) in [7, 11) is 1.39. The SMILES string of the molecule is CCCN(CC)c1nc(CC(=O)OC)cs1. The summed E-state index contributed by atoms with van der Waals surface area (Å²) in [5.74, 6) is -0.240. The van der Waals surface area contributed by atoms with Crippen molar-refractivity contribution in [3.63, 3.8) is 0 Å². The number of anilines is 1. The molecule has 0 saturated heterocycles. The Labute approximate surface area is 100 Å². The highest BCUT2D eigenvalue weighted by atomic mass is 32.1. The molecule has 0 aliphatic heterocycles. The van der Waals surface area contributed by atoms with Gasteiger partial charge in [0.25, 0.3) is 0 Å². The molecule has 0 N–H and O–H groups in total. The van der Waals surface area contributed by atoms with Gasteiger partial charge in [-0.1, -0.05) is 6.92 Å². The summed E-state index contributed by atoms with van der Waals surface area (Å²) in [6.45, 7) is 6.20. The summed E-state index contributed by atoms with van der Waals surface area (Å²) in [6.07, 6.45) is 1.36. The van der Waals surface area contributed by atoms with Crippen molar-refractivity contribution in [1.29, 1.82) is 0 Å². The number of ether oxygens (including phenoxy) is 1. The van der Waals surface area contributed by atoms with E-state index < -0.39 is 0 Å². The van der Waals surface area contributed by atoms with Gasteiger partial charge in [-0.3, -0.25) is 4.79 Å². The second-order valence-corrected chi connectivity index (χ2v) is 4.29. The third-order valence-corrected chi connectivity index (χ3v) is 3.19. The molecule has 0 aromatic carbocycles. The molecule has 0 unspecified atom stereocenters. The third kappa shape index (κ3) is 3.48. The summed E-state index contributed by atoms with van der Waals surface area (Å²) in [4.78, 5) is 17.7. The molecular weight excluding hydrogens is 224 g/mol. The Kier molecular flexibility index (Phi) is 5.25. The topological polar surface area (TPSA) is 42.4 Å². The molecule has 1 heterocycles. The van der Waals surface area contributed by atoms with Crippen LogP contribution in [0.3, 0.4) is 0 Å². The molecule has 1 aromatic heterocycles.